The van der Waals surface area contributed by atoms with Gasteiger partial charge < -0.3 is 0 Å². The molecule has 0 aliphatic carbocycles. The van der Waals surface area contributed by atoms with Gasteiger partial charge in [0.25, 0.3) is 0 Å². The largest absolute Gasteiger partial charge is 0.292 e. The molecule has 2 aromatic rings. The zero-order valence-electron chi connectivity index (χ0n) is 11.7. The number of carbonyl (C=O) groups excluding carboxylic acids is 1. The predicted molar refractivity (Wildman–Crippen MR) is 87.8 cm³/mol. The van der Waals surface area contributed by atoms with E-state index in [1.165, 1.54) is 11.0 Å². The maximum absolute atomic E-state index is 12.6. The van der Waals surface area contributed by atoms with Crippen molar-refractivity contribution >= 4 is 40.1 Å². The van der Waals surface area contributed by atoms with Gasteiger partial charge in [-0.1, -0.05) is 32.9 Å². The van der Waals surface area contributed by atoms with Crippen LogP contribution in [0.2, 0.25) is 0 Å². The molecule has 0 unspecified atom stereocenters. The van der Waals surface area contributed by atoms with Crippen molar-refractivity contribution in [2.24, 2.45) is 5.41 Å². The van der Waals surface area contributed by atoms with Gasteiger partial charge in [-0.15, -0.1) is 0 Å². The Morgan fingerprint density at radius 3 is 2.40 bits per heavy atom. The number of ketones is 1. The molecule has 0 atom stereocenters. The van der Waals surface area contributed by atoms with Gasteiger partial charge in [-0.3, -0.25) is 4.79 Å². The van der Waals surface area contributed by atoms with Gasteiger partial charge in [0.05, 0.1) is 0 Å². The molecule has 1 heterocycles. The molecule has 0 spiro atoms. The molecular weight excluding hydrogens is 365 g/mol. The number of Topliss-reactive ketones (excluding diaryl/α,β-unsaturated/α-hetero) is 1. The number of carbonyl (C=O) groups is 1. The number of benzene rings is 1. The highest BCUT2D eigenvalue weighted by molar-refractivity contribution is 14.1. The highest BCUT2D eigenvalue weighted by Crippen LogP contribution is 2.24. The monoisotopic (exact) mass is 381 g/mol. The number of hydrogen-bond donors (Lipinski definition) is 0. The summed E-state index contributed by atoms with van der Waals surface area (Å²) in [6.45, 7) is 5.69. The summed E-state index contributed by atoms with van der Waals surface area (Å²) >= 11 is 2.25. The zero-order valence-corrected chi connectivity index (χ0v) is 13.8. The summed E-state index contributed by atoms with van der Waals surface area (Å²) in [6, 6.07) is 7.98. The van der Waals surface area contributed by atoms with Crippen molar-refractivity contribution < 1.29 is 4.79 Å². The molecule has 0 radical (unpaired) electrons. The first-order chi connectivity index (χ1) is 9.38. The molecule has 1 aromatic carbocycles. The minimum Gasteiger partial charge on any atom is -0.292 e. The van der Waals surface area contributed by atoms with Gasteiger partial charge in [-0.25, -0.2) is 9.67 Å². The Kier molecular flexibility index (Phi) is 4.37. The molecule has 5 heteroatoms. The van der Waals surface area contributed by atoms with E-state index in [9.17, 15) is 4.79 Å². The van der Waals surface area contributed by atoms with Crippen LogP contribution in [0.15, 0.2) is 36.9 Å². The third kappa shape index (κ3) is 3.53. The Bertz CT molecular complexity index is 622. The molecule has 0 N–H and O–H groups in total. The maximum Gasteiger partial charge on any atom is 0.186 e. The van der Waals surface area contributed by atoms with Crippen LogP contribution in [0.3, 0.4) is 0 Å². The average Bonchev–Trinajstić information content (AvgIpc) is 2.90. The lowest BCUT2D eigenvalue weighted by atomic mass is 9.88. The lowest BCUT2D eigenvalue weighted by molar-refractivity contribution is -0.120. The van der Waals surface area contributed by atoms with E-state index in [1.54, 1.807) is 6.33 Å². The van der Waals surface area contributed by atoms with Crippen LogP contribution in [0.25, 0.3) is 11.8 Å². The van der Waals surface area contributed by atoms with Gasteiger partial charge in [0.1, 0.15) is 18.4 Å². The molecule has 2 rings (SSSR count). The number of hydrogen-bond acceptors (Lipinski definition) is 3. The van der Waals surface area contributed by atoms with Crippen molar-refractivity contribution in [1.29, 1.82) is 0 Å². The Balaban J connectivity index is 2.47. The summed E-state index contributed by atoms with van der Waals surface area (Å²) in [5.41, 5.74) is 1.02. The second kappa shape index (κ2) is 5.87. The number of aromatic nitrogens is 3. The third-order valence-electron chi connectivity index (χ3n) is 2.75. The Morgan fingerprint density at radius 2 is 1.90 bits per heavy atom. The van der Waals surface area contributed by atoms with Gasteiger partial charge in [0.15, 0.2) is 5.78 Å². The SMILES string of the molecule is CC(C)(C)C(=O)/C(=C\c1ccc(I)cc1)n1cncn1. The molecule has 20 heavy (non-hydrogen) atoms. The lowest BCUT2D eigenvalue weighted by Crippen LogP contribution is -2.24. The fourth-order valence-corrected chi connectivity index (χ4v) is 2.03. The molecule has 0 bridgehead atoms. The maximum atomic E-state index is 12.6. The summed E-state index contributed by atoms with van der Waals surface area (Å²) in [5, 5.41) is 4.08. The fraction of sp³-hybridized carbons (Fsp3) is 0.267. The molecule has 0 aliphatic heterocycles. The van der Waals surface area contributed by atoms with Crippen molar-refractivity contribution in [2.45, 2.75) is 20.8 Å². The third-order valence-corrected chi connectivity index (χ3v) is 3.47. The van der Waals surface area contributed by atoms with Crippen molar-refractivity contribution in [3.05, 3.63) is 46.1 Å². The van der Waals surface area contributed by atoms with Gasteiger partial charge in [-0.05, 0) is 46.4 Å². The minimum atomic E-state index is -0.471. The van der Waals surface area contributed by atoms with Crippen molar-refractivity contribution in [3.8, 4) is 0 Å². The highest BCUT2D eigenvalue weighted by Gasteiger charge is 2.26. The topological polar surface area (TPSA) is 47.8 Å². The number of halogens is 1. The van der Waals surface area contributed by atoms with Crippen LogP contribution >= 0.6 is 22.6 Å². The quantitative estimate of drug-likeness (QED) is 0.604. The molecule has 0 aliphatic rings. The Morgan fingerprint density at radius 1 is 1.25 bits per heavy atom. The van der Waals surface area contributed by atoms with Crippen molar-refractivity contribution in [2.75, 3.05) is 0 Å². The fourth-order valence-electron chi connectivity index (χ4n) is 1.67. The number of nitrogens with zero attached hydrogens (tertiary/aromatic N) is 3. The molecule has 0 amide bonds. The van der Waals surface area contributed by atoms with E-state index >= 15 is 0 Å². The molecule has 104 valence electrons. The Hall–Kier alpha value is -1.50. The first-order valence-electron chi connectivity index (χ1n) is 6.25. The van der Waals surface area contributed by atoms with Crippen LogP contribution in [0.1, 0.15) is 26.3 Å². The predicted octanol–water partition coefficient (Wildman–Crippen LogP) is 3.50. The summed E-state index contributed by atoms with van der Waals surface area (Å²) in [7, 11) is 0. The number of rotatable bonds is 3. The van der Waals surface area contributed by atoms with E-state index in [-0.39, 0.29) is 5.78 Å². The van der Waals surface area contributed by atoms with Gasteiger partial charge >= 0.3 is 0 Å². The van der Waals surface area contributed by atoms with Crippen molar-refractivity contribution in [1.82, 2.24) is 14.8 Å². The molecule has 1 aromatic heterocycles. The van der Waals surface area contributed by atoms with E-state index < -0.39 is 5.41 Å². The molecule has 0 fully saturated rings. The summed E-state index contributed by atoms with van der Waals surface area (Å²) in [6.07, 6.45) is 4.82. The summed E-state index contributed by atoms with van der Waals surface area (Å²) < 4.78 is 2.68. The van der Waals surface area contributed by atoms with E-state index in [0.29, 0.717) is 5.70 Å². The van der Waals surface area contributed by atoms with Gasteiger partial charge in [0.2, 0.25) is 0 Å². The first-order valence-corrected chi connectivity index (χ1v) is 7.33. The van der Waals surface area contributed by atoms with E-state index in [0.717, 1.165) is 9.13 Å². The van der Waals surface area contributed by atoms with Crippen LogP contribution in [0.4, 0.5) is 0 Å². The second-order valence-electron chi connectivity index (χ2n) is 5.50. The average molecular weight is 381 g/mol. The normalized spacial score (nSPS) is 12.5. The van der Waals surface area contributed by atoms with E-state index in [2.05, 4.69) is 32.7 Å². The molecule has 4 nitrogen and oxygen atoms in total. The molecular formula is C15H16IN3O. The van der Waals surface area contributed by atoms with Crippen molar-refractivity contribution in [3.63, 3.8) is 0 Å². The molecule has 0 saturated carbocycles. The van der Waals surface area contributed by atoms with Gasteiger partial charge in [-0.2, -0.15) is 5.10 Å². The number of allylic oxidation sites excluding steroid dienone is 1. The van der Waals surface area contributed by atoms with Crippen LogP contribution < -0.4 is 0 Å². The van der Waals surface area contributed by atoms with Crippen LogP contribution in [-0.4, -0.2) is 20.5 Å². The summed E-state index contributed by atoms with van der Waals surface area (Å²) in [5.74, 6) is 0.0292. The standard InChI is InChI=1S/C15H16IN3O/c1-15(2,3)14(20)13(19-10-17-9-18-19)8-11-4-6-12(16)7-5-11/h4-10H,1-3H3/b13-8+. The molecule has 0 saturated heterocycles. The second-order valence-corrected chi connectivity index (χ2v) is 6.75. The van der Waals surface area contributed by atoms with E-state index in [4.69, 9.17) is 0 Å². The smallest absolute Gasteiger partial charge is 0.186 e. The van der Waals surface area contributed by atoms with E-state index in [1.807, 2.05) is 51.1 Å². The zero-order chi connectivity index (χ0) is 14.8. The summed E-state index contributed by atoms with van der Waals surface area (Å²) in [4.78, 5) is 16.5. The minimum absolute atomic E-state index is 0.0292. The Labute approximate surface area is 132 Å². The van der Waals surface area contributed by atoms with Crippen LogP contribution in [0, 0.1) is 8.99 Å². The highest BCUT2D eigenvalue weighted by atomic mass is 127. The lowest BCUT2D eigenvalue weighted by Gasteiger charge is -2.18. The van der Waals surface area contributed by atoms with Crippen LogP contribution in [0.5, 0.6) is 0 Å². The van der Waals surface area contributed by atoms with Gasteiger partial charge in [0, 0.05) is 8.99 Å². The first kappa shape index (κ1) is 14.9. The van der Waals surface area contributed by atoms with Crippen LogP contribution in [-0.2, 0) is 4.79 Å².